The van der Waals surface area contributed by atoms with Crippen molar-refractivity contribution in [2.75, 3.05) is 0 Å². The fourth-order valence-electron chi connectivity index (χ4n) is 4.74. The second-order valence-electron chi connectivity index (χ2n) is 8.79. The van der Waals surface area contributed by atoms with Crippen molar-refractivity contribution in [1.82, 2.24) is 19.3 Å². The lowest BCUT2D eigenvalue weighted by molar-refractivity contribution is 0.536. The molecule has 1 aromatic carbocycles. The first-order valence-corrected chi connectivity index (χ1v) is 12.5. The van der Waals surface area contributed by atoms with Crippen molar-refractivity contribution in [3.8, 4) is 17.6 Å². The quantitative estimate of drug-likeness (QED) is 0.600. The number of sulfonamides is 1. The summed E-state index contributed by atoms with van der Waals surface area (Å²) >= 11 is 0. The smallest absolute Gasteiger partial charge is 0.243 e. The van der Waals surface area contributed by atoms with E-state index in [2.05, 4.69) is 20.8 Å². The Labute approximate surface area is 186 Å². The molecule has 0 radical (unpaired) electrons. The first-order valence-electron chi connectivity index (χ1n) is 11.0. The van der Waals surface area contributed by atoms with Crippen LogP contribution in [0.2, 0.25) is 0 Å². The fraction of sp³-hybridized carbons (Fsp3) is 0.435. The molecule has 5 rings (SSSR count). The van der Waals surface area contributed by atoms with E-state index in [1.165, 1.54) is 24.5 Å². The maximum atomic E-state index is 14.0. The van der Waals surface area contributed by atoms with E-state index in [-0.39, 0.29) is 22.8 Å². The Hall–Kier alpha value is -2.83. The molecule has 2 aliphatic carbocycles. The molecule has 2 fully saturated rings. The van der Waals surface area contributed by atoms with E-state index in [4.69, 9.17) is 0 Å². The first kappa shape index (κ1) is 21.0. The van der Waals surface area contributed by atoms with Gasteiger partial charge in [-0.15, -0.1) is 0 Å². The van der Waals surface area contributed by atoms with Gasteiger partial charge in [-0.25, -0.2) is 27.5 Å². The normalized spacial score (nSPS) is 18.2. The minimum atomic E-state index is -3.73. The lowest BCUT2D eigenvalue weighted by Gasteiger charge is -2.17. The summed E-state index contributed by atoms with van der Waals surface area (Å²) in [5, 5.41) is 10.4. The molecule has 1 N–H and O–H groups in total. The van der Waals surface area contributed by atoms with E-state index in [0.717, 1.165) is 44.0 Å². The molecule has 0 unspecified atom stereocenters. The van der Waals surface area contributed by atoms with E-state index in [1.54, 1.807) is 6.07 Å². The molecule has 0 bridgehead atoms. The molecule has 166 valence electrons. The van der Waals surface area contributed by atoms with Gasteiger partial charge < -0.3 is 4.57 Å². The second-order valence-corrected chi connectivity index (χ2v) is 10.5. The summed E-state index contributed by atoms with van der Waals surface area (Å²) in [5.41, 5.74) is 1.59. The molecule has 0 saturated heterocycles. The topological polar surface area (TPSA) is 101 Å². The average molecular weight is 454 g/mol. The number of aromatic nitrogens is 3. The highest BCUT2D eigenvalue weighted by atomic mass is 32.2. The zero-order chi connectivity index (χ0) is 22.5. The third kappa shape index (κ3) is 3.67. The summed E-state index contributed by atoms with van der Waals surface area (Å²) in [6, 6.07) is 6.67. The highest BCUT2D eigenvalue weighted by Crippen LogP contribution is 2.40. The van der Waals surface area contributed by atoms with Crippen LogP contribution in [0.3, 0.4) is 0 Å². The zero-order valence-electron chi connectivity index (χ0n) is 17.8. The van der Waals surface area contributed by atoms with Crippen molar-refractivity contribution in [2.24, 2.45) is 5.92 Å². The van der Waals surface area contributed by atoms with E-state index < -0.39 is 15.8 Å². The van der Waals surface area contributed by atoms with Gasteiger partial charge in [-0.05, 0) is 56.7 Å². The van der Waals surface area contributed by atoms with Crippen LogP contribution in [0.1, 0.15) is 57.1 Å². The Morgan fingerprint density at radius 3 is 2.50 bits per heavy atom. The lowest BCUT2D eigenvalue weighted by atomic mass is 10.1. The molecule has 7 nitrogen and oxygen atoms in total. The zero-order valence-corrected chi connectivity index (χ0v) is 18.6. The molecule has 0 spiro atoms. The molecule has 2 aromatic heterocycles. The molecule has 0 aliphatic heterocycles. The van der Waals surface area contributed by atoms with Gasteiger partial charge in [0.05, 0.1) is 23.5 Å². The highest BCUT2D eigenvalue weighted by molar-refractivity contribution is 7.89. The summed E-state index contributed by atoms with van der Waals surface area (Å²) in [6.45, 7) is 1.86. The van der Waals surface area contributed by atoms with E-state index in [9.17, 15) is 18.1 Å². The maximum absolute atomic E-state index is 14.0. The standard InChI is InChI=1S/C23H24FN5O2S/c1-14(15-6-7-15)28-32(30,31)18-12-26-23(27-13-18)22-20(11-25)19-10-16(24)8-9-21(19)29(22)17-4-2-3-5-17/h8-10,12-15,17,28H,2-7H2,1H3/t14-/m0/s1. The molecule has 2 heterocycles. The SMILES string of the molecule is C[C@H](NS(=O)(=O)c1cnc(-c2c(C#N)c3cc(F)ccc3n2C2CCCC2)nc1)C1CC1. The van der Waals surface area contributed by atoms with Crippen LogP contribution in [0.4, 0.5) is 4.39 Å². The Kier molecular flexibility index (Phi) is 5.22. The van der Waals surface area contributed by atoms with Crippen LogP contribution in [-0.2, 0) is 10.0 Å². The molecular weight excluding hydrogens is 429 g/mol. The van der Waals surface area contributed by atoms with Gasteiger partial charge in [0.1, 0.15) is 22.5 Å². The Morgan fingerprint density at radius 1 is 1.19 bits per heavy atom. The Bertz CT molecular complexity index is 1320. The number of benzene rings is 1. The maximum Gasteiger partial charge on any atom is 0.243 e. The first-order chi connectivity index (χ1) is 15.4. The van der Waals surface area contributed by atoms with Crippen LogP contribution in [-0.4, -0.2) is 29.0 Å². The highest BCUT2D eigenvalue weighted by Gasteiger charge is 2.32. The Balaban J connectivity index is 1.60. The minimum absolute atomic E-state index is 0.0122. The van der Waals surface area contributed by atoms with Gasteiger partial charge in [-0.2, -0.15) is 5.26 Å². The second kappa shape index (κ2) is 7.94. The summed E-state index contributed by atoms with van der Waals surface area (Å²) in [5.74, 6) is 0.229. The number of rotatable bonds is 6. The van der Waals surface area contributed by atoms with Crippen LogP contribution in [0, 0.1) is 23.1 Å². The van der Waals surface area contributed by atoms with Crippen molar-refractivity contribution < 1.29 is 12.8 Å². The average Bonchev–Trinajstić information content (AvgIpc) is 3.40. The summed E-state index contributed by atoms with van der Waals surface area (Å²) in [4.78, 5) is 8.68. The molecule has 9 heteroatoms. The number of hydrogen-bond acceptors (Lipinski definition) is 5. The minimum Gasteiger partial charge on any atom is -0.334 e. The van der Waals surface area contributed by atoms with E-state index in [0.29, 0.717) is 22.6 Å². The van der Waals surface area contributed by atoms with Crippen molar-refractivity contribution >= 4 is 20.9 Å². The van der Waals surface area contributed by atoms with Crippen molar-refractivity contribution in [1.29, 1.82) is 5.26 Å². The number of hydrogen-bond donors (Lipinski definition) is 1. The molecule has 32 heavy (non-hydrogen) atoms. The van der Waals surface area contributed by atoms with Crippen LogP contribution in [0.15, 0.2) is 35.5 Å². The van der Waals surface area contributed by atoms with Crippen molar-refractivity contribution in [3.63, 3.8) is 0 Å². The number of halogens is 1. The predicted octanol–water partition coefficient (Wildman–Crippen LogP) is 4.30. The Morgan fingerprint density at radius 2 is 1.88 bits per heavy atom. The lowest BCUT2D eigenvalue weighted by Crippen LogP contribution is -2.34. The van der Waals surface area contributed by atoms with Gasteiger partial charge in [0, 0.05) is 17.5 Å². The monoisotopic (exact) mass is 453 g/mol. The molecule has 2 saturated carbocycles. The largest absolute Gasteiger partial charge is 0.334 e. The molecular formula is C23H24FN5O2S. The number of nitrogens with zero attached hydrogens (tertiary/aromatic N) is 4. The summed E-state index contributed by atoms with van der Waals surface area (Å²) in [6.07, 6.45) is 8.69. The number of nitriles is 1. The third-order valence-electron chi connectivity index (χ3n) is 6.59. The molecule has 3 aromatic rings. The predicted molar refractivity (Wildman–Crippen MR) is 118 cm³/mol. The van der Waals surface area contributed by atoms with Crippen LogP contribution < -0.4 is 4.72 Å². The summed E-state index contributed by atoms with van der Waals surface area (Å²) in [7, 11) is -3.73. The van der Waals surface area contributed by atoms with Gasteiger partial charge in [0.2, 0.25) is 10.0 Å². The van der Waals surface area contributed by atoms with Gasteiger partial charge >= 0.3 is 0 Å². The molecule has 1 atom stereocenters. The van der Waals surface area contributed by atoms with E-state index in [1.807, 2.05) is 11.5 Å². The van der Waals surface area contributed by atoms with Crippen LogP contribution >= 0.6 is 0 Å². The van der Waals surface area contributed by atoms with Crippen LogP contribution in [0.25, 0.3) is 22.4 Å². The van der Waals surface area contributed by atoms with Gasteiger partial charge in [0.25, 0.3) is 0 Å². The third-order valence-corrected chi connectivity index (χ3v) is 8.10. The molecule has 2 aliphatic rings. The van der Waals surface area contributed by atoms with Crippen molar-refractivity contribution in [3.05, 3.63) is 42.0 Å². The molecule has 0 amide bonds. The van der Waals surface area contributed by atoms with Gasteiger partial charge in [-0.1, -0.05) is 12.8 Å². The van der Waals surface area contributed by atoms with Crippen LogP contribution in [0.5, 0.6) is 0 Å². The number of nitrogens with one attached hydrogen (secondary N) is 1. The number of fused-ring (bicyclic) bond motifs is 1. The fourth-order valence-corrected chi connectivity index (χ4v) is 5.94. The summed E-state index contributed by atoms with van der Waals surface area (Å²) < 4.78 is 44.2. The van der Waals surface area contributed by atoms with Gasteiger partial charge in [-0.3, -0.25) is 0 Å². The van der Waals surface area contributed by atoms with Crippen molar-refractivity contribution in [2.45, 2.75) is 62.4 Å². The van der Waals surface area contributed by atoms with Gasteiger partial charge in [0.15, 0.2) is 5.82 Å². The van der Waals surface area contributed by atoms with E-state index >= 15 is 0 Å².